The first kappa shape index (κ1) is 73.7. The van der Waals surface area contributed by atoms with Gasteiger partial charge in [-0.3, -0.25) is 19.2 Å². The molecule has 2 aliphatic rings. The van der Waals surface area contributed by atoms with E-state index >= 15 is 0 Å². The number of esters is 4. The molecule has 23 heteroatoms. The van der Waals surface area contributed by atoms with Crippen molar-refractivity contribution in [2.75, 3.05) is 89.1 Å². The Morgan fingerprint density at radius 3 is 1.12 bits per heavy atom. The maximum atomic E-state index is 13.4. The predicted molar refractivity (Wildman–Crippen MR) is 313 cm³/mol. The van der Waals surface area contributed by atoms with Crippen LogP contribution in [0.25, 0.3) is 0 Å². The molecule has 2 heterocycles. The highest BCUT2D eigenvalue weighted by Crippen LogP contribution is 2.45. The van der Waals surface area contributed by atoms with Crippen molar-refractivity contribution in [2.45, 2.75) is 215 Å². The minimum atomic E-state index is -1.43. The zero-order valence-corrected chi connectivity index (χ0v) is 54.4. The number of ether oxygens (including phenoxy) is 11. The van der Waals surface area contributed by atoms with Crippen LogP contribution in [0.15, 0.2) is 0 Å². The third-order valence-electron chi connectivity index (χ3n) is 15.6. The van der Waals surface area contributed by atoms with Gasteiger partial charge in [0.2, 0.25) is 0 Å². The quantitative estimate of drug-likeness (QED) is 0.0251. The van der Waals surface area contributed by atoms with Gasteiger partial charge in [-0.05, 0) is 134 Å². The van der Waals surface area contributed by atoms with E-state index in [2.05, 4.69) is 0 Å². The predicted octanol–water partition coefficient (Wildman–Crippen LogP) is 11.3. The zero-order chi connectivity index (χ0) is 60.7. The molecular weight excluding hydrogens is 1120 g/mol. The van der Waals surface area contributed by atoms with Crippen LogP contribution in [0.2, 0.25) is 0 Å². The SMILES string of the molecule is CCC(C)(O)CC(C)(COC(=O)OC(C)(CC)CCOCCC(C)(CC)OCCC(C)(C)OCCC(C)(CC)OC(=O)OCC(C)(CC(C)(O)CC)C(=O)OCCOC(=O)C1(C)CSSC1)C(=O)OCCOC(=O)C1(C)CSSC1. The molecule has 19 nitrogen and oxygen atoms in total. The Morgan fingerprint density at radius 1 is 0.425 bits per heavy atom. The Labute approximate surface area is 493 Å². The van der Waals surface area contributed by atoms with E-state index in [1.165, 1.54) is 0 Å². The number of hydrogen-bond acceptors (Lipinski definition) is 23. The van der Waals surface area contributed by atoms with Crippen molar-refractivity contribution in [1.29, 1.82) is 0 Å². The molecule has 0 spiro atoms. The topological polar surface area (TPSA) is 244 Å². The van der Waals surface area contributed by atoms with Gasteiger partial charge in [0.1, 0.15) is 61.7 Å². The molecule has 466 valence electrons. The average Bonchev–Trinajstić information content (AvgIpc) is 4.06. The summed E-state index contributed by atoms with van der Waals surface area (Å²) in [4.78, 5) is 78.4. The molecule has 0 aromatic rings. The summed E-state index contributed by atoms with van der Waals surface area (Å²) < 4.78 is 63.2. The monoisotopic (exact) mass is 1220 g/mol. The van der Waals surface area contributed by atoms with Crippen LogP contribution >= 0.6 is 43.2 Å². The van der Waals surface area contributed by atoms with Crippen LogP contribution in [0, 0.1) is 21.7 Å². The third kappa shape index (κ3) is 25.5. The molecule has 2 N–H and O–H groups in total. The highest BCUT2D eigenvalue weighted by Gasteiger charge is 2.46. The van der Waals surface area contributed by atoms with Gasteiger partial charge in [0.05, 0.1) is 53.1 Å². The third-order valence-corrected chi connectivity index (χ3v) is 21.3. The number of rotatable bonds is 39. The molecule has 0 amide bonds. The summed E-state index contributed by atoms with van der Waals surface area (Å²) in [6.45, 7) is 28.8. The molecule has 0 radical (unpaired) electrons. The van der Waals surface area contributed by atoms with E-state index in [0.29, 0.717) is 87.6 Å². The Hall–Kier alpha value is -2.38. The van der Waals surface area contributed by atoms with E-state index in [1.807, 2.05) is 55.4 Å². The van der Waals surface area contributed by atoms with Gasteiger partial charge < -0.3 is 62.3 Å². The number of hydrogen-bond donors (Lipinski definition) is 2. The number of carbonyl (C=O) groups is 6. The van der Waals surface area contributed by atoms with Gasteiger partial charge in [-0.15, -0.1) is 0 Å². The summed E-state index contributed by atoms with van der Waals surface area (Å²) >= 11 is 0. The van der Waals surface area contributed by atoms with Gasteiger partial charge in [0.15, 0.2) is 0 Å². The van der Waals surface area contributed by atoms with E-state index in [4.69, 9.17) is 52.1 Å². The van der Waals surface area contributed by atoms with Gasteiger partial charge in [0, 0.05) is 42.5 Å². The van der Waals surface area contributed by atoms with Crippen LogP contribution in [0.3, 0.4) is 0 Å². The first-order valence-electron chi connectivity index (χ1n) is 28.2. The van der Waals surface area contributed by atoms with Crippen molar-refractivity contribution in [3.63, 3.8) is 0 Å². The molecule has 0 aliphatic carbocycles. The van der Waals surface area contributed by atoms with Crippen molar-refractivity contribution in [3.05, 3.63) is 0 Å². The van der Waals surface area contributed by atoms with E-state index in [-0.39, 0.29) is 64.4 Å². The fraction of sp³-hybridized carbons (Fsp3) is 0.895. The Balaban J connectivity index is 1.83. The minimum Gasteiger partial charge on any atom is -0.462 e. The Bertz CT molecular complexity index is 1960. The van der Waals surface area contributed by atoms with Crippen LogP contribution < -0.4 is 0 Å². The summed E-state index contributed by atoms with van der Waals surface area (Å²) in [5.41, 5.74) is -9.55. The van der Waals surface area contributed by atoms with Crippen molar-refractivity contribution in [1.82, 2.24) is 0 Å². The minimum absolute atomic E-state index is 0.0574. The van der Waals surface area contributed by atoms with Crippen molar-refractivity contribution in [2.24, 2.45) is 21.7 Å². The van der Waals surface area contributed by atoms with Crippen molar-refractivity contribution in [3.8, 4) is 0 Å². The lowest BCUT2D eigenvalue weighted by Crippen LogP contribution is -2.43. The summed E-state index contributed by atoms with van der Waals surface area (Å²) in [7, 11) is 6.45. The molecule has 80 heavy (non-hydrogen) atoms. The summed E-state index contributed by atoms with van der Waals surface area (Å²) in [5.74, 6) is 0.452. The highest BCUT2D eigenvalue weighted by molar-refractivity contribution is 8.77. The maximum Gasteiger partial charge on any atom is 0.508 e. The lowest BCUT2D eigenvalue weighted by molar-refractivity contribution is -0.168. The van der Waals surface area contributed by atoms with Crippen LogP contribution in [-0.2, 0) is 71.3 Å². The molecular formula is C57H100O19S4. The van der Waals surface area contributed by atoms with E-state index < -0.39 is 92.7 Å². The van der Waals surface area contributed by atoms with Gasteiger partial charge in [-0.2, -0.15) is 0 Å². The summed E-state index contributed by atoms with van der Waals surface area (Å²) in [5, 5.41) is 21.9. The molecule has 2 saturated heterocycles. The number of aliphatic hydroxyl groups is 2. The number of carbonyl (C=O) groups excluding carboxylic acids is 6. The second-order valence-corrected chi connectivity index (χ2v) is 29.6. The fourth-order valence-electron chi connectivity index (χ4n) is 8.22. The van der Waals surface area contributed by atoms with Gasteiger partial charge >= 0.3 is 36.2 Å². The van der Waals surface area contributed by atoms with E-state index in [9.17, 15) is 39.0 Å². The molecule has 0 aromatic heterocycles. The largest absolute Gasteiger partial charge is 0.508 e. The van der Waals surface area contributed by atoms with E-state index in [1.54, 1.807) is 98.6 Å². The van der Waals surface area contributed by atoms with Gasteiger partial charge in [0.25, 0.3) is 0 Å². The van der Waals surface area contributed by atoms with Crippen molar-refractivity contribution >= 4 is 79.4 Å². The smallest absolute Gasteiger partial charge is 0.462 e. The molecule has 0 aromatic carbocycles. The zero-order valence-electron chi connectivity index (χ0n) is 51.1. The second-order valence-electron chi connectivity index (χ2n) is 24.7. The first-order valence-corrected chi connectivity index (χ1v) is 33.2. The molecule has 0 bridgehead atoms. The highest BCUT2D eigenvalue weighted by atomic mass is 33.1. The lowest BCUT2D eigenvalue weighted by Gasteiger charge is -2.35. The van der Waals surface area contributed by atoms with Crippen LogP contribution in [0.5, 0.6) is 0 Å². The molecule has 2 aliphatic heterocycles. The van der Waals surface area contributed by atoms with Crippen LogP contribution in [0.4, 0.5) is 9.59 Å². The second kappa shape index (κ2) is 32.8. The first-order chi connectivity index (χ1) is 37.1. The van der Waals surface area contributed by atoms with Gasteiger partial charge in [-0.25, -0.2) is 9.59 Å². The van der Waals surface area contributed by atoms with Crippen LogP contribution in [0.1, 0.15) is 181 Å². The van der Waals surface area contributed by atoms with E-state index in [0.717, 1.165) is 6.42 Å². The molecule has 2 fully saturated rings. The standard InChI is InChI=1S/C57H100O19S4/c1-17-53(12,64)34-49(8,42(58)67-30-32-69-44(60)51(10)38-77-78-39-51)36-71-46(62)75-56(15,20-4)24-27-66-26-23-55(14,19-3)74-28-22-48(6,7)73-29-25-57(16,21-5)76-47(63)72-37-50(9,35-54(13,65)18-2)43(59)68-31-33-70-45(61)52(11)40-79-80-41-52/h64-65H,17-41H2,1-16H3. The molecule has 2 rings (SSSR count). The van der Waals surface area contributed by atoms with Gasteiger partial charge in [-0.1, -0.05) is 77.8 Å². The fourth-order valence-corrected chi connectivity index (χ4v) is 14.9. The lowest BCUT2D eigenvalue weighted by atomic mass is 9.79. The van der Waals surface area contributed by atoms with Crippen molar-refractivity contribution < 1.29 is 91.1 Å². The maximum absolute atomic E-state index is 13.4. The average molecular weight is 1220 g/mol. The Morgan fingerprint density at radius 2 is 0.762 bits per heavy atom. The van der Waals surface area contributed by atoms with Crippen LogP contribution in [-0.4, -0.2) is 169 Å². The summed E-state index contributed by atoms with van der Waals surface area (Å²) in [6.07, 6.45) is 2.15. The molecule has 7 atom stereocenters. The Kier molecular flexibility index (Phi) is 30.2. The molecule has 0 saturated carbocycles. The summed E-state index contributed by atoms with van der Waals surface area (Å²) in [6, 6.07) is 0. The molecule has 7 unspecified atom stereocenters. The normalized spacial score (nSPS) is 20.4.